The number of carboxylic acids is 1. The number of carboxylic acid groups (broad SMARTS) is 1. The Balaban J connectivity index is 1.83. The predicted octanol–water partition coefficient (Wildman–Crippen LogP) is 5.94. The molecule has 5 nitrogen and oxygen atoms in total. The van der Waals surface area contributed by atoms with E-state index in [-0.39, 0.29) is 12.4 Å². The second-order valence-electron chi connectivity index (χ2n) is 6.63. The third kappa shape index (κ3) is 6.53. The number of ether oxygens (including phenoxy) is 3. The van der Waals surface area contributed by atoms with Crippen molar-refractivity contribution >= 4 is 12.0 Å². The average molecular weight is 444 g/mol. The molecule has 0 spiro atoms. The standard InChI is InChI=1S/C24H19F3O5/c1-30-20-8-2-16(3-9-20)15-31-22-12-6-18(14-19(22)7-13-23(28)29)17-4-10-21(11-5-17)32-24(25,26)27/h2-14H,15H2,1H3,(H,28,29). The summed E-state index contributed by atoms with van der Waals surface area (Å²) < 4.78 is 51.9. The van der Waals surface area contributed by atoms with Gasteiger partial charge in [-0.15, -0.1) is 13.2 Å². The van der Waals surface area contributed by atoms with Gasteiger partial charge in [0.2, 0.25) is 0 Å². The molecule has 0 aliphatic rings. The average Bonchev–Trinajstić information content (AvgIpc) is 2.76. The molecule has 32 heavy (non-hydrogen) atoms. The van der Waals surface area contributed by atoms with Gasteiger partial charge in [-0.05, 0) is 59.2 Å². The van der Waals surface area contributed by atoms with Gasteiger partial charge in [-0.2, -0.15) is 0 Å². The van der Waals surface area contributed by atoms with Gasteiger partial charge in [0.25, 0.3) is 0 Å². The number of hydrogen-bond donors (Lipinski definition) is 1. The minimum atomic E-state index is -4.76. The van der Waals surface area contributed by atoms with Crippen molar-refractivity contribution in [2.45, 2.75) is 13.0 Å². The lowest BCUT2D eigenvalue weighted by Gasteiger charge is -2.13. The van der Waals surface area contributed by atoms with Crippen LogP contribution < -0.4 is 14.2 Å². The third-order valence-electron chi connectivity index (χ3n) is 4.39. The van der Waals surface area contributed by atoms with Crippen LogP contribution in [0.1, 0.15) is 11.1 Å². The fourth-order valence-electron chi connectivity index (χ4n) is 2.88. The summed E-state index contributed by atoms with van der Waals surface area (Å²) in [7, 11) is 1.57. The molecule has 3 rings (SSSR count). The first-order valence-corrected chi connectivity index (χ1v) is 9.40. The van der Waals surface area contributed by atoms with E-state index in [4.69, 9.17) is 14.6 Å². The first-order chi connectivity index (χ1) is 15.2. The molecular weight excluding hydrogens is 425 g/mol. The summed E-state index contributed by atoms with van der Waals surface area (Å²) in [6.07, 6.45) is -2.38. The van der Waals surface area contributed by atoms with Crippen molar-refractivity contribution < 1.29 is 37.3 Å². The van der Waals surface area contributed by atoms with Gasteiger partial charge in [0.05, 0.1) is 7.11 Å². The Morgan fingerprint density at radius 3 is 2.16 bits per heavy atom. The summed E-state index contributed by atoms with van der Waals surface area (Å²) in [4.78, 5) is 11.0. The first-order valence-electron chi connectivity index (χ1n) is 9.40. The molecule has 0 unspecified atom stereocenters. The van der Waals surface area contributed by atoms with Crippen LogP contribution in [0.25, 0.3) is 17.2 Å². The lowest BCUT2D eigenvalue weighted by Crippen LogP contribution is -2.16. The molecule has 0 amide bonds. The molecule has 0 saturated heterocycles. The number of carbonyl (C=O) groups is 1. The maximum absolute atomic E-state index is 12.3. The molecule has 3 aromatic rings. The largest absolute Gasteiger partial charge is 0.573 e. The summed E-state index contributed by atoms with van der Waals surface area (Å²) in [6.45, 7) is 0.251. The van der Waals surface area contributed by atoms with Gasteiger partial charge in [-0.25, -0.2) is 4.79 Å². The van der Waals surface area contributed by atoms with Crippen LogP contribution in [-0.2, 0) is 11.4 Å². The van der Waals surface area contributed by atoms with Crippen LogP contribution in [0.15, 0.2) is 72.8 Å². The zero-order chi connectivity index (χ0) is 23.1. The van der Waals surface area contributed by atoms with Crippen LogP contribution in [0.5, 0.6) is 17.2 Å². The molecule has 0 bridgehead atoms. The van der Waals surface area contributed by atoms with Crippen LogP contribution >= 0.6 is 0 Å². The van der Waals surface area contributed by atoms with Gasteiger partial charge < -0.3 is 19.3 Å². The van der Waals surface area contributed by atoms with E-state index in [0.29, 0.717) is 22.4 Å². The quantitative estimate of drug-likeness (QED) is 0.436. The van der Waals surface area contributed by atoms with Crippen molar-refractivity contribution in [2.24, 2.45) is 0 Å². The molecule has 0 aliphatic carbocycles. The van der Waals surface area contributed by atoms with Crippen molar-refractivity contribution in [3.63, 3.8) is 0 Å². The third-order valence-corrected chi connectivity index (χ3v) is 4.39. The summed E-state index contributed by atoms with van der Waals surface area (Å²) in [5, 5.41) is 8.99. The van der Waals surface area contributed by atoms with E-state index in [9.17, 15) is 18.0 Å². The second kappa shape index (κ2) is 9.91. The number of rotatable bonds is 8. The van der Waals surface area contributed by atoms with Gasteiger partial charge in [-0.1, -0.05) is 30.3 Å². The lowest BCUT2D eigenvalue weighted by atomic mass is 10.0. The Kier molecular flexibility index (Phi) is 7.04. The predicted molar refractivity (Wildman–Crippen MR) is 113 cm³/mol. The molecule has 0 heterocycles. The minimum absolute atomic E-state index is 0.251. The Bertz CT molecular complexity index is 1090. The van der Waals surface area contributed by atoms with E-state index in [0.717, 1.165) is 17.4 Å². The summed E-state index contributed by atoms with van der Waals surface area (Å²) in [6, 6.07) is 17.8. The lowest BCUT2D eigenvalue weighted by molar-refractivity contribution is -0.274. The van der Waals surface area contributed by atoms with Crippen LogP contribution in [0.3, 0.4) is 0 Å². The van der Waals surface area contributed by atoms with E-state index in [1.807, 2.05) is 12.1 Å². The number of halogens is 3. The number of methoxy groups -OCH3 is 1. The van der Waals surface area contributed by atoms with Crippen molar-refractivity contribution in [3.8, 4) is 28.4 Å². The van der Waals surface area contributed by atoms with E-state index in [1.54, 1.807) is 37.4 Å². The minimum Gasteiger partial charge on any atom is -0.497 e. The molecule has 0 aliphatic heterocycles. The van der Waals surface area contributed by atoms with E-state index in [2.05, 4.69) is 4.74 Å². The summed E-state index contributed by atoms with van der Waals surface area (Å²) in [5.41, 5.74) is 2.70. The van der Waals surface area contributed by atoms with Crippen molar-refractivity contribution in [1.82, 2.24) is 0 Å². The maximum atomic E-state index is 12.3. The fraction of sp³-hybridized carbons (Fsp3) is 0.125. The SMILES string of the molecule is COc1ccc(COc2ccc(-c3ccc(OC(F)(F)F)cc3)cc2C=CC(=O)O)cc1. The number of benzene rings is 3. The highest BCUT2D eigenvalue weighted by molar-refractivity contribution is 5.86. The van der Waals surface area contributed by atoms with Crippen LogP contribution in [0, 0.1) is 0 Å². The van der Waals surface area contributed by atoms with Gasteiger partial charge in [0.15, 0.2) is 0 Å². The zero-order valence-corrected chi connectivity index (χ0v) is 16.9. The molecule has 0 fully saturated rings. The molecule has 8 heteroatoms. The normalized spacial score (nSPS) is 11.4. The van der Waals surface area contributed by atoms with Gasteiger partial charge in [0, 0.05) is 11.6 Å². The smallest absolute Gasteiger partial charge is 0.497 e. The van der Waals surface area contributed by atoms with Gasteiger partial charge >= 0.3 is 12.3 Å². The molecule has 0 radical (unpaired) electrons. The van der Waals surface area contributed by atoms with Crippen LogP contribution in [0.2, 0.25) is 0 Å². The van der Waals surface area contributed by atoms with E-state index < -0.39 is 12.3 Å². The molecule has 0 atom stereocenters. The Morgan fingerprint density at radius 1 is 0.938 bits per heavy atom. The highest BCUT2D eigenvalue weighted by Gasteiger charge is 2.30. The second-order valence-corrected chi connectivity index (χ2v) is 6.63. The van der Waals surface area contributed by atoms with E-state index >= 15 is 0 Å². The Hall–Kier alpha value is -3.94. The molecule has 3 aromatic carbocycles. The summed E-state index contributed by atoms with van der Waals surface area (Å²) in [5.74, 6) is -0.272. The zero-order valence-electron chi connectivity index (χ0n) is 16.9. The monoisotopic (exact) mass is 444 g/mol. The molecule has 166 valence electrons. The topological polar surface area (TPSA) is 65.0 Å². The number of hydrogen-bond acceptors (Lipinski definition) is 4. The Morgan fingerprint density at radius 2 is 1.56 bits per heavy atom. The maximum Gasteiger partial charge on any atom is 0.573 e. The molecular formula is C24H19F3O5. The number of alkyl halides is 3. The molecule has 0 saturated carbocycles. The molecule has 0 aromatic heterocycles. The Labute approximate surface area is 182 Å². The molecule has 1 N–H and O–H groups in total. The van der Waals surface area contributed by atoms with Crippen LogP contribution in [0.4, 0.5) is 13.2 Å². The highest BCUT2D eigenvalue weighted by Crippen LogP contribution is 2.31. The first kappa shape index (κ1) is 22.7. The van der Waals surface area contributed by atoms with E-state index in [1.165, 1.54) is 30.3 Å². The number of aliphatic carboxylic acids is 1. The van der Waals surface area contributed by atoms with Crippen molar-refractivity contribution in [3.05, 3.63) is 83.9 Å². The van der Waals surface area contributed by atoms with Crippen LogP contribution in [-0.4, -0.2) is 24.5 Å². The fourth-order valence-corrected chi connectivity index (χ4v) is 2.88. The van der Waals surface area contributed by atoms with Crippen molar-refractivity contribution in [2.75, 3.05) is 7.11 Å². The summed E-state index contributed by atoms with van der Waals surface area (Å²) >= 11 is 0. The van der Waals surface area contributed by atoms with Gasteiger partial charge in [0.1, 0.15) is 23.9 Å². The van der Waals surface area contributed by atoms with Crippen molar-refractivity contribution in [1.29, 1.82) is 0 Å². The van der Waals surface area contributed by atoms with Gasteiger partial charge in [-0.3, -0.25) is 0 Å². The highest BCUT2D eigenvalue weighted by atomic mass is 19.4.